The van der Waals surface area contributed by atoms with E-state index in [1.165, 1.54) is 6.07 Å². The molecule has 0 aliphatic heterocycles. The minimum absolute atomic E-state index is 0.211. The van der Waals surface area contributed by atoms with E-state index < -0.39 is 17.7 Å². The highest BCUT2D eigenvalue weighted by Crippen LogP contribution is 2.22. The molecule has 0 aliphatic rings. The fourth-order valence-electron chi connectivity index (χ4n) is 1.01. The Hall–Kier alpha value is -2.48. The zero-order chi connectivity index (χ0) is 12.1. The van der Waals surface area contributed by atoms with Crippen molar-refractivity contribution in [2.45, 2.75) is 0 Å². The van der Waals surface area contributed by atoms with Gasteiger partial charge in [0.1, 0.15) is 5.75 Å². The lowest BCUT2D eigenvalue weighted by Crippen LogP contribution is -2.34. The lowest BCUT2D eigenvalue weighted by Gasteiger charge is -2.05. The summed E-state index contributed by atoms with van der Waals surface area (Å²) < 4.78 is 0. The monoisotopic (exact) mass is 224 g/mol. The molecule has 0 saturated carbocycles. The Morgan fingerprint density at radius 3 is 2.56 bits per heavy atom. The molecule has 0 bridgehead atoms. The average Bonchev–Trinajstić information content (AvgIpc) is 2.28. The highest BCUT2D eigenvalue weighted by molar-refractivity contribution is 5.98. The molecule has 5 N–H and O–H groups in total. The second kappa shape index (κ2) is 4.84. The lowest BCUT2D eigenvalue weighted by atomic mass is 10.1. The van der Waals surface area contributed by atoms with E-state index in [0.717, 1.165) is 12.1 Å². The van der Waals surface area contributed by atoms with Gasteiger partial charge in [-0.3, -0.25) is 10.2 Å². The molecule has 0 unspecified atom stereocenters. The number of phenolic OH excluding ortho intramolecular Hbond substituents is 1. The summed E-state index contributed by atoms with van der Waals surface area (Å²) in [5.41, 5.74) is 1.78. The number of hydrazine groups is 1. The molecule has 84 valence electrons. The van der Waals surface area contributed by atoms with Crippen molar-refractivity contribution in [3.8, 4) is 5.75 Å². The topological polar surface area (TPSA) is 134 Å². The number of phenols is 1. The Morgan fingerprint density at radius 2 is 2.06 bits per heavy atom. The largest absolute Gasteiger partial charge is 0.507 e. The molecule has 3 amide bonds. The van der Waals surface area contributed by atoms with E-state index in [9.17, 15) is 19.6 Å². The number of amides is 3. The van der Waals surface area contributed by atoms with Crippen LogP contribution in [0.5, 0.6) is 5.75 Å². The van der Waals surface area contributed by atoms with E-state index >= 15 is 0 Å². The summed E-state index contributed by atoms with van der Waals surface area (Å²) in [5.74, 6) is 3.27. The van der Waals surface area contributed by atoms with E-state index in [1.54, 1.807) is 0 Å². The molecule has 0 aliphatic carbocycles. The van der Waals surface area contributed by atoms with Crippen LogP contribution in [0.4, 0.5) is 10.5 Å². The third-order valence-electron chi connectivity index (χ3n) is 1.70. The van der Waals surface area contributed by atoms with Crippen molar-refractivity contribution >= 4 is 17.6 Å². The van der Waals surface area contributed by atoms with Crippen molar-refractivity contribution in [2.75, 3.05) is 5.32 Å². The van der Waals surface area contributed by atoms with Gasteiger partial charge in [0, 0.05) is 16.9 Å². The standard InChI is InChI=1S/C8H8N4O4/c9-11-8(15)10-4-1-2-5(6(13)3-4)7(14)12-16/h1-3,13H,9H2,(H2,10,11,15). The summed E-state index contributed by atoms with van der Waals surface area (Å²) in [5, 5.41) is 13.8. The number of aromatic hydroxyl groups is 1. The Bertz CT molecular complexity index is 446. The Labute approximate surface area is 89.4 Å². The van der Waals surface area contributed by atoms with Gasteiger partial charge < -0.3 is 10.4 Å². The van der Waals surface area contributed by atoms with Gasteiger partial charge in [-0.25, -0.2) is 10.6 Å². The molecule has 0 aromatic heterocycles. The van der Waals surface area contributed by atoms with Gasteiger partial charge in [0.25, 0.3) is 0 Å². The molecule has 16 heavy (non-hydrogen) atoms. The van der Waals surface area contributed by atoms with Crippen LogP contribution in [-0.4, -0.2) is 17.0 Å². The molecule has 0 radical (unpaired) electrons. The second-order valence-electron chi connectivity index (χ2n) is 2.73. The van der Waals surface area contributed by atoms with E-state index in [-0.39, 0.29) is 11.3 Å². The van der Waals surface area contributed by atoms with Gasteiger partial charge in [-0.15, -0.1) is 4.91 Å². The molecule has 8 heteroatoms. The maximum Gasteiger partial charge on any atom is 0.333 e. The molecule has 1 aromatic rings. The molecule has 0 saturated heterocycles. The summed E-state index contributed by atoms with van der Waals surface area (Å²) in [6.07, 6.45) is 0. The number of nitrogens with two attached hydrogens (primary N) is 1. The quantitative estimate of drug-likeness (QED) is 0.248. The van der Waals surface area contributed by atoms with Crippen LogP contribution in [0.3, 0.4) is 0 Å². The third-order valence-corrected chi connectivity index (χ3v) is 1.70. The first-order chi connectivity index (χ1) is 7.58. The first kappa shape index (κ1) is 11.6. The van der Waals surface area contributed by atoms with Crippen molar-refractivity contribution in [1.29, 1.82) is 0 Å². The number of nitrogens with one attached hydrogen (secondary N) is 2. The first-order valence-electron chi connectivity index (χ1n) is 4.06. The molecular formula is C8H8N4O4. The summed E-state index contributed by atoms with van der Waals surface area (Å²) in [7, 11) is 0. The molecule has 0 spiro atoms. The summed E-state index contributed by atoms with van der Waals surface area (Å²) in [4.78, 5) is 31.6. The predicted octanol–water partition coefficient (Wildman–Crippen LogP) is 0.294. The number of benzene rings is 1. The molecule has 0 heterocycles. The molecule has 1 rings (SSSR count). The molecule has 0 fully saturated rings. The van der Waals surface area contributed by atoms with Gasteiger partial charge in [0.05, 0.1) is 5.56 Å². The number of carbonyl (C=O) groups is 2. The molecule has 1 aromatic carbocycles. The van der Waals surface area contributed by atoms with Crippen molar-refractivity contribution in [2.24, 2.45) is 11.0 Å². The summed E-state index contributed by atoms with van der Waals surface area (Å²) in [6.45, 7) is 0. The number of hydrogen-bond donors (Lipinski definition) is 4. The average molecular weight is 224 g/mol. The maximum atomic E-state index is 10.9. The fraction of sp³-hybridized carbons (Fsp3) is 0. The van der Waals surface area contributed by atoms with Gasteiger partial charge >= 0.3 is 11.9 Å². The SMILES string of the molecule is NNC(=O)Nc1ccc(C(=O)N=O)c(O)c1. The van der Waals surface area contributed by atoms with Crippen molar-refractivity contribution < 1.29 is 14.7 Å². The van der Waals surface area contributed by atoms with Crippen LogP contribution < -0.4 is 16.6 Å². The zero-order valence-electron chi connectivity index (χ0n) is 7.93. The minimum atomic E-state index is -1.09. The molecule has 8 nitrogen and oxygen atoms in total. The predicted molar refractivity (Wildman–Crippen MR) is 54.6 cm³/mol. The first-order valence-corrected chi connectivity index (χ1v) is 4.06. The lowest BCUT2D eigenvalue weighted by molar-refractivity contribution is 0.0998. The normalized spacial score (nSPS) is 9.31. The van der Waals surface area contributed by atoms with Crippen LogP contribution in [0.25, 0.3) is 0 Å². The molecule has 0 atom stereocenters. The molecular weight excluding hydrogens is 216 g/mol. The maximum absolute atomic E-state index is 10.9. The van der Waals surface area contributed by atoms with Crippen LogP contribution in [-0.2, 0) is 0 Å². The van der Waals surface area contributed by atoms with Crippen molar-refractivity contribution in [1.82, 2.24) is 5.43 Å². The van der Waals surface area contributed by atoms with Gasteiger partial charge in [0.15, 0.2) is 0 Å². The fourth-order valence-corrected chi connectivity index (χ4v) is 1.01. The zero-order valence-corrected chi connectivity index (χ0v) is 7.93. The Balaban J connectivity index is 2.95. The third kappa shape index (κ3) is 2.51. The van der Waals surface area contributed by atoms with Gasteiger partial charge in [0.2, 0.25) is 0 Å². The van der Waals surface area contributed by atoms with Crippen LogP contribution >= 0.6 is 0 Å². The minimum Gasteiger partial charge on any atom is -0.507 e. The van der Waals surface area contributed by atoms with Crippen LogP contribution in [0.15, 0.2) is 23.4 Å². The number of hydrogen-bond acceptors (Lipinski definition) is 5. The van der Waals surface area contributed by atoms with E-state index in [2.05, 4.69) is 10.5 Å². The van der Waals surface area contributed by atoms with E-state index in [1.807, 2.05) is 5.43 Å². The van der Waals surface area contributed by atoms with Crippen LogP contribution in [0.1, 0.15) is 10.4 Å². The number of nitrogens with zero attached hydrogens (tertiary/aromatic N) is 1. The van der Waals surface area contributed by atoms with E-state index in [4.69, 9.17) is 5.84 Å². The Kier molecular flexibility index (Phi) is 3.51. The van der Waals surface area contributed by atoms with E-state index in [0.29, 0.717) is 0 Å². The van der Waals surface area contributed by atoms with Gasteiger partial charge in [-0.05, 0) is 12.1 Å². The number of anilines is 1. The smallest absolute Gasteiger partial charge is 0.333 e. The Morgan fingerprint density at radius 1 is 1.38 bits per heavy atom. The number of rotatable bonds is 2. The van der Waals surface area contributed by atoms with Crippen LogP contribution in [0.2, 0.25) is 0 Å². The van der Waals surface area contributed by atoms with Gasteiger partial charge in [-0.2, -0.15) is 0 Å². The highest BCUT2D eigenvalue weighted by Gasteiger charge is 2.12. The number of carbonyl (C=O) groups excluding carboxylic acids is 2. The number of urea groups is 1. The summed E-state index contributed by atoms with van der Waals surface area (Å²) >= 11 is 0. The second-order valence-corrected chi connectivity index (χ2v) is 2.73. The summed E-state index contributed by atoms with van der Waals surface area (Å²) in [6, 6.07) is 2.87. The van der Waals surface area contributed by atoms with Crippen molar-refractivity contribution in [3.63, 3.8) is 0 Å². The van der Waals surface area contributed by atoms with Crippen LogP contribution in [0, 0.1) is 4.91 Å². The van der Waals surface area contributed by atoms with Gasteiger partial charge in [-0.1, -0.05) is 0 Å². The number of nitroso groups, excluding NO2 is 1. The van der Waals surface area contributed by atoms with Crippen molar-refractivity contribution in [3.05, 3.63) is 28.7 Å². The highest BCUT2D eigenvalue weighted by atomic mass is 16.3.